The number of hydrogen-bond acceptors (Lipinski definition) is 3. The predicted molar refractivity (Wildman–Crippen MR) is 65.6 cm³/mol. The number of likely N-dealkylation sites (tertiary alicyclic amines) is 1. The lowest BCUT2D eigenvalue weighted by atomic mass is 9.98. The molecule has 0 N–H and O–H groups in total. The monoisotopic (exact) mass is 273 g/mol. The van der Waals surface area contributed by atoms with Crippen molar-refractivity contribution in [3.63, 3.8) is 0 Å². The summed E-state index contributed by atoms with van der Waals surface area (Å²) in [6, 6.07) is 1.35. The molecule has 106 valence electrons. The SMILES string of the molecule is CN1CCCC[C@@H]1CCc1nccc(C(F)(F)F)n1. The number of halogens is 3. The zero-order valence-electron chi connectivity index (χ0n) is 11.0. The van der Waals surface area contributed by atoms with Gasteiger partial charge in [-0.15, -0.1) is 0 Å². The summed E-state index contributed by atoms with van der Waals surface area (Å²) in [4.78, 5) is 9.81. The average Bonchev–Trinajstić information content (AvgIpc) is 2.37. The number of piperidine rings is 1. The van der Waals surface area contributed by atoms with Gasteiger partial charge in [-0.25, -0.2) is 9.97 Å². The molecule has 0 aliphatic carbocycles. The van der Waals surface area contributed by atoms with Gasteiger partial charge in [-0.05, 0) is 38.9 Å². The van der Waals surface area contributed by atoms with Gasteiger partial charge in [-0.1, -0.05) is 6.42 Å². The van der Waals surface area contributed by atoms with E-state index in [9.17, 15) is 13.2 Å². The van der Waals surface area contributed by atoms with E-state index in [-0.39, 0.29) is 5.82 Å². The van der Waals surface area contributed by atoms with Gasteiger partial charge in [0.25, 0.3) is 0 Å². The first-order valence-corrected chi connectivity index (χ1v) is 6.56. The first kappa shape index (κ1) is 14.2. The Morgan fingerprint density at radius 2 is 2.16 bits per heavy atom. The largest absolute Gasteiger partial charge is 0.433 e. The van der Waals surface area contributed by atoms with E-state index in [1.165, 1.54) is 19.0 Å². The highest BCUT2D eigenvalue weighted by molar-refractivity contribution is 5.06. The molecule has 0 unspecified atom stereocenters. The van der Waals surface area contributed by atoms with E-state index < -0.39 is 11.9 Å². The highest BCUT2D eigenvalue weighted by Crippen LogP contribution is 2.27. The van der Waals surface area contributed by atoms with Crippen molar-refractivity contribution in [2.24, 2.45) is 0 Å². The number of aryl methyl sites for hydroxylation is 1. The fraction of sp³-hybridized carbons (Fsp3) is 0.692. The van der Waals surface area contributed by atoms with Gasteiger partial charge in [0.2, 0.25) is 0 Å². The lowest BCUT2D eigenvalue weighted by molar-refractivity contribution is -0.141. The van der Waals surface area contributed by atoms with Gasteiger partial charge < -0.3 is 4.90 Å². The Labute approximate surface area is 110 Å². The highest BCUT2D eigenvalue weighted by Gasteiger charge is 2.32. The molecule has 2 rings (SSSR count). The van der Waals surface area contributed by atoms with Gasteiger partial charge in [-0.3, -0.25) is 0 Å². The van der Waals surface area contributed by atoms with Gasteiger partial charge in [0.05, 0.1) is 0 Å². The fourth-order valence-electron chi connectivity index (χ4n) is 2.48. The van der Waals surface area contributed by atoms with E-state index in [2.05, 4.69) is 21.9 Å². The molecule has 0 saturated carbocycles. The van der Waals surface area contributed by atoms with Crippen molar-refractivity contribution in [1.82, 2.24) is 14.9 Å². The Hall–Kier alpha value is -1.17. The predicted octanol–water partition coefficient (Wildman–Crippen LogP) is 2.91. The van der Waals surface area contributed by atoms with Crippen LogP contribution in [0.1, 0.15) is 37.2 Å². The Morgan fingerprint density at radius 1 is 1.37 bits per heavy atom. The van der Waals surface area contributed by atoms with E-state index in [1.807, 2.05) is 0 Å². The third-order valence-electron chi connectivity index (χ3n) is 3.62. The van der Waals surface area contributed by atoms with Crippen LogP contribution in [0.25, 0.3) is 0 Å². The average molecular weight is 273 g/mol. The fourth-order valence-corrected chi connectivity index (χ4v) is 2.48. The second kappa shape index (κ2) is 5.86. The number of aromatic nitrogens is 2. The highest BCUT2D eigenvalue weighted by atomic mass is 19.4. The summed E-state index contributed by atoms with van der Waals surface area (Å²) in [5.41, 5.74) is -0.852. The van der Waals surface area contributed by atoms with Gasteiger partial charge in [0.15, 0.2) is 0 Å². The third kappa shape index (κ3) is 3.89. The standard InChI is InChI=1S/C13H18F3N3/c1-19-9-3-2-4-10(19)5-6-12-17-8-7-11(18-12)13(14,15)16/h7-8,10H,2-6,9H2,1H3/t10-/m1/s1. The maximum Gasteiger partial charge on any atom is 0.433 e. The topological polar surface area (TPSA) is 29.0 Å². The summed E-state index contributed by atoms with van der Waals surface area (Å²) >= 11 is 0. The smallest absolute Gasteiger partial charge is 0.303 e. The second-order valence-corrected chi connectivity index (χ2v) is 5.02. The third-order valence-corrected chi connectivity index (χ3v) is 3.62. The molecule has 1 aliphatic heterocycles. The first-order valence-electron chi connectivity index (χ1n) is 6.56. The minimum Gasteiger partial charge on any atom is -0.303 e. The molecule has 0 aromatic carbocycles. The maximum absolute atomic E-state index is 12.5. The number of nitrogens with zero attached hydrogens (tertiary/aromatic N) is 3. The molecule has 1 fully saturated rings. The summed E-state index contributed by atoms with van der Waals surface area (Å²) in [5.74, 6) is 0.286. The van der Waals surface area contributed by atoms with E-state index in [1.54, 1.807) is 0 Å². The zero-order chi connectivity index (χ0) is 13.9. The molecule has 1 saturated heterocycles. The molecule has 0 amide bonds. The van der Waals surface area contributed by atoms with Gasteiger partial charge in [0, 0.05) is 18.7 Å². The Kier molecular flexibility index (Phi) is 4.39. The van der Waals surface area contributed by atoms with Gasteiger partial charge in [0.1, 0.15) is 11.5 Å². The molecule has 1 atom stereocenters. The van der Waals surface area contributed by atoms with E-state index in [0.717, 1.165) is 25.5 Å². The van der Waals surface area contributed by atoms with Crippen LogP contribution in [-0.2, 0) is 12.6 Å². The summed E-state index contributed by atoms with van der Waals surface area (Å²) in [6.07, 6.45) is 1.62. The minimum absolute atomic E-state index is 0.286. The van der Waals surface area contributed by atoms with Crippen molar-refractivity contribution in [2.45, 2.75) is 44.3 Å². The normalized spacial score (nSPS) is 21.6. The van der Waals surface area contributed by atoms with Crippen molar-refractivity contribution < 1.29 is 13.2 Å². The molecule has 1 aromatic rings. The van der Waals surface area contributed by atoms with E-state index >= 15 is 0 Å². The quantitative estimate of drug-likeness (QED) is 0.848. The molecule has 1 aromatic heterocycles. The summed E-state index contributed by atoms with van der Waals surface area (Å²) in [6.45, 7) is 1.06. The summed E-state index contributed by atoms with van der Waals surface area (Å²) in [7, 11) is 2.07. The molecular weight excluding hydrogens is 255 g/mol. The van der Waals surface area contributed by atoms with Crippen molar-refractivity contribution in [2.75, 3.05) is 13.6 Å². The molecule has 1 aliphatic rings. The second-order valence-electron chi connectivity index (χ2n) is 5.02. The van der Waals surface area contributed by atoms with E-state index in [4.69, 9.17) is 0 Å². The van der Waals surface area contributed by atoms with Crippen LogP contribution in [0.15, 0.2) is 12.3 Å². The minimum atomic E-state index is -4.39. The molecule has 6 heteroatoms. The van der Waals surface area contributed by atoms with Gasteiger partial charge >= 0.3 is 6.18 Å². The van der Waals surface area contributed by atoms with Crippen LogP contribution in [0.5, 0.6) is 0 Å². The van der Waals surface area contributed by atoms with Crippen LogP contribution in [0.4, 0.5) is 13.2 Å². The molecule has 2 heterocycles. The molecule has 0 radical (unpaired) electrons. The summed E-state index contributed by atoms with van der Waals surface area (Å²) < 4.78 is 37.6. The number of alkyl halides is 3. The summed E-state index contributed by atoms with van der Waals surface area (Å²) in [5, 5.41) is 0. The van der Waals surface area contributed by atoms with Gasteiger partial charge in [-0.2, -0.15) is 13.2 Å². The van der Waals surface area contributed by atoms with E-state index in [0.29, 0.717) is 12.5 Å². The van der Waals surface area contributed by atoms with Crippen LogP contribution in [0.3, 0.4) is 0 Å². The zero-order valence-corrected chi connectivity index (χ0v) is 11.0. The lowest BCUT2D eigenvalue weighted by Gasteiger charge is -2.32. The van der Waals surface area contributed by atoms with Crippen LogP contribution < -0.4 is 0 Å². The van der Waals surface area contributed by atoms with Crippen LogP contribution >= 0.6 is 0 Å². The molecule has 19 heavy (non-hydrogen) atoms. The Balaban J connectivity index is 1.96. The van der Waals surface area contributed by atoms with Crippen molar-refractivity contribution >= 4 is 0 Å². The first-order chi connectivity index (χ1) is 8.97. The maximum atomic E-state index is 12.5. The molecular formula is C13H18F3N3. The van der Waals surface area contributed by atoms with Crippen molar-refractivity contribution in [1.29, 1.82) is 0 Å². The van der Waals surface area contributed by atoms with Crippen molar-refractivity contribution in [3.05, 3.63) is 23.8 Å². The molecule has 0 spiro atoms. The Morgan fingerprint density at radius 3 is 2.84 bits per heavy atom. The van der Waals surface area contributed by atoms with Crippen LogP contribution in [0, 0.1) is 0 Å². The Bertz CT molecular complexity index is 420. The number of hydrogen-bond donors (Lipinski definition) is 0. The van der Waals surface area contributed by atoms with Crippen LogP contribution in [-0.4, -0.2) is 34.5 Å². The molecule has 0 bridgehead atoms. The van der Waals surface area contributed by atoms with Crippen molar-refractivity contribution in [3.8, 4) is 0 Å². The molecule has 3 nitrogen and oxygen atoms in total. The number of rotatable bonds is 3. The van der Waals surface area contributed by atoms with Crippen LogP contribution in [0.2, 0.25) is 0 Å². The lowest BCUT2D eigenvalue weighted by Crippen LogP contribution is -2.36.